The van der Waals surface area contributed by atoms with Gasteiger partial charge in [0.25, 0.3) is 5.91 Å². The van der Waals surface area contributed by atoms with Gasteiger partial charge < -0.3 is 15.0 Å². The van der Waals surface area contributed by atoms with Crippen molar-refractivity contribution in [2.75, 3.05) is 25.2 Å². The van der Waals surface area contributed by atoms with Gasteiger partial charge in [0.05, 0.1) is 6.61 Å². The molecule has 0 aromatic heterocycles. The van der Waals surface area contributed by atoms with Crippen LogP contribution in [0.4, 0.5) is 5.69 Å². The Hall–Kier alpha value is -3.10. The molecule has 2 aromatic rings. The quantitative estimate of drug-likeness (QED) is 0.496. The van der Waals surface area contributed by atoms with Crippen molar-refractivity contribution in [1.29, 1.82) is 5.26 Å². The van der Waals surface area contributed by atoms with Crippen LogP contribution in [0.2, 0.25) is 0 Å². The molecule has 1 N–H and O–H groups in total. The molecular weight excluding hydrogens is 326 g/mol. The van der Waals surface area contributed by atoms with E-state index in [1.807, 2.05) is 30.3 Å². The van der Waals surface area contributed by atoms with Crippen molar-refractivity contribution in [3.8, 4) is 6.07 Å². The molecule has 0 saturated carbocycles. The lowest BCUT2D eigenvalue weighted by molar-refractivity contribution is -0.117. The minimum Gasteiger partial charge on any atom is -0.383 e. The van der Waals surface area contributed by atoms with Crippen LogP contribution in [0.25, 0.3) is 6.08 Å². The number of hydrogen-bond acceptors (Lipinski definition) is 4. The Morgan fingerprint density at radius 2 is 1.85 bits per heavy atom. The molecule has 0 atom stereocenters. The van der Waals surface area contributed by atoms with Crippen molar-refractivity contribution in [3.63, 3.8) is 0 Å². The number of methoxy groups -OCH3 is 1. The van der Waals surface area contributed by atoms with E-state index in [1.165, 1.54) is 11.1 Å². The third-order valence-electron chi connectivity index (χ3n) is 4.37. The van der Waals surface area contributed by atoms with E-state index >= 15 is 0 Å². The fourth-order valence-corrected chi connectivity index (χ4v) is 2.97. The fraction of sp³-hybridized carbons (Fsp3) is 0.238. The molecule has 1 aliphatic rings. The van der Waals surface area contributed by atoms with Gasteiger partial charge in [-0.1, -0.05) is 36.4 Å². The SMILES string of the molecule is COCCNC(=O)/C(C#N)=C/c1ccc(N2Cc3ccccc3C2)cc1. The van der Waals surface area contributed by atoms with Crippen LogP contribution in [0.15, 0.2) is 54.1 Å². The standard InChI is InChI=1S/C21H21N3O2/c1-26-11-10-23-21(25)19(13-22)12-16-6-8-20(9-7-16)24-14-17-4-2-3-5-18(17)15-24/h2-9,12H,10-11,14-15H2,1H3,(H,23,25)/b19-12+. The molecule has 0 radical (unpaired) electrons. The molecule has 0 saturated heterocycles. The maximum absolute atomic E-state index is 12.0. The number of rotatable bonds is 6. The smallest absolute Gasteiger partial charge is 0.262 e. The van der Waals surface area contributed by atoms with Gasteiger partial charge in [0.15, 0.2) is 0 Å². The lowest BCUT2D eigenvalue weighted by Gasteiger charge is -2.17. The van der Waals surface area contributed by atoms with Gasteiger partial charge in [-0.3, -0.25) is 4.79 Å². The minimum atomic E-state index is -0.386. The number of benzene rings is 2. The Morgan fingerprint density at radius 1 is 1.19 bits per heavy atom. The number of anilines is 1. The van der Waals surface area contributed by atoms with Gasteiger partial charge in [-0.05, 0) is 34.9 Å². The molecule has 1 aliphatic heterocycles. The van der Waals surface area contributed by atoms with Crippen LogP contribution in [-0.4, -0.2) is 26.2 Å². The Morgan fingerprint density at radius 3 is 2.42 bits per heavy atom. The second-order valence-electron chi connectivity index (χ2n) is 6.13. The summed E-state index contributed by atoms with van der Waals surface area (Å²) in [6.07, 6.45) is 1.60. The second kappa shape index (κ2) is 8.32. The average Bonchev–Trinajstić information content (AvgIpc) is 3.11. The zero-order valence-electron chi connectivity index (χ0n) is 14.7. The largest absolute Gasteiger partial charge is 0.383 e. The predicted octanol–water partition coefficient (Wildman–Crippen LogP) is 2.88. The molecule has 0 bridgehead atoms. The number of hydrogen-bond donors (Lipinski definition) is 1. The first-order valence-corrected chi connectivity index (χ1v) is 8.52. The van der Waals surface area contributed by atoms with Gasteiger partial charge in [-0.15, -0.1) is 0 Å². The highest BCUT2D eigenvalue weighted by Crippen LogP contribution is 2.28. The summed E-state index contributed by atoms with van der Waals surface area (Å²) in [6.45, 7) is 2.59. The van der Waals surface area contributed by atoms with E-state index in [0.29, 0.717) is 13.2 Å². The monoisotopic (exact) mass is 347 g/mol. The number of fused-ring (bicyclic) bond motifs is 1. The molecule has 0 spiro atoms. The van der Waals surface area contributed by atoms with Crippen LogP contribution in [0.1, 0.15) is 16.7 Å². The molecule has 0 fully saturated rings. The average molecular weight is 347 g/mol. The number of carbonyl (C=O) groups excluding carboxylic acids is 1. The van der Waals surface area contributed by atoms with E-state index in [-0.39, 0.29) is 11.5 Å². The maximum atomic E-state index is 12.0. The van der Waals surface area contributed by atoms with Crippen LogP contribution in [0.5, 0.6) is 0 Å². The summed E-state index contributed by atoms with van der Waals surface area (Å²) in [7, 11) is 1.56. The Bertz CT molecular complexity index is 825. The van der Waals surface area contributed by atoms with Crippen LogP contribution >= 0.6 is 0 Å². The number of carbonyl (C=O) groups is 1. The van der Waals surface area contributed by atoms with E-state index in [0.717, 1.165) is 24.3 Å². The van der Waals surface area contributed by atoms with Crippen molar-refractivity contribution in [2.45, 2.75) is 13.1 Å². The zero-order valence-corrected chi connectivity index (χ0v) is 14.7. The highest BCUT2D eigenvalue weighted by molar-refractivity contribution is 6.01. The first-order chi connectivity index (χ1) is 12.7. The lowest BCUT2D eigenvalue weighted by atomic mass is 10.1. The molecule has 26 heavy (non-hydrogen) atoms. The molecule has 3 rings (SSSR count). The molecular formula is C21H21N3O2. The molecule has 5 nitrogen and oxygen atoms in total. The lowest BCUT2D eigenvalue weighted by Crippen LogP contribution is -2.27. The van der Waals surface area contributed by atoms with Crippen molar-refractivity contribution in [1.82, 2.24) is 5.32 Å². The van der Waals surface area contributed by atoms with Gasteiger partial charge in [0, 0.05) is 32.4 Å². The summed E-state index contributed by atoms with van der Waals surface area (Å²) in [5, 5.41) is 11.9. The van der Waals surface area contributed by atoms with E-state index in [9.17, 15) is 10.1 Å². The third kappa shape index (κ3) is 4.11. The van der Waals surface area contributed by atoms with E-state index in [1.54, 1.807) is 13.2 Å². The van der Waals surface area contributed by atoms with E-state index in [2.05, 4.69) is 34.5 Å². The first kappa shape index (κ1) is 17.7. The van der Waals surface area contributed by atoms with Crippen molar-refractivity contribution in [3.05, 3.63) is 70.8 Å². The highest BCUT2D eigenvalue weighted by Gasteiger charge is 2.18. The van der Waals surface area contributed by atoms with Crippen molar-refractivity contribution >= 4 is 17.7 Å². The van der Waals surface area contributed by atoms with Crippen LogP contribution < -0.4 is 10.2 Å². The van der Waals surface area contributed by atoms with Crippen LogP contribution in [0.3, 0.4) is 0 Å². The Balaban J connectivity index is 1.68. The van der Waals surface area contributed by atoms with Gasteiger partial charge in [0.1, 0.15) is 11.6 Å². The Kier molecular flexibility index (Phi) is 5.67. The number of amides is 1. The number of nitrogens with zero attached hydrogens (tertiary/aromatic N) is 2. The van der Waals surface area contributed by atoms with Gasteiger partial charge >= 0.3 is 0 Å². The number of nitriles is 1. The maximum Gasteiger partial charge on any atom is 0.262 e. The van der Waals surface area contributed by atoms with E-state index < -0.39 is 0 Å². The molecule has 0 aliphatic carbocycles. The van der Waals surface area contributed by atoms with Gasteiger partial charge in [-0.25, -0.2) is 0 Å². The molecule has 5 heteroatoms. The van der Waals surface area contributed by atoms with Gasteiger partial charge in [-0.2, -0.15) is 5.26 Å². The number of ether oxygens (including phenoxy) is 1. The summed E-state index contributed by atoms with van der Waals surface area (Å²) < 4.78 is 4.89. The van der Waals surface area contributed by atoms with Crippen LogP contribution in [0, 0.1) is 11.3 Å². The third-order valence-corrected chi connectivity index (χ3v) is 4.37. The summed E-state index contributed by atoms with van der Waals surface area (Å²) in [5.74, 6) is -0.386. The molecule has 132 valence electrons. The summed E-state index contributed by atoms with van der Waals surface area (Å²) in [6, 6.07) is 18.3. The fourth-order valence-electron chi connectivity index (χ4n) is 2.97. The molecule has 2 aromatic carbocycles. The Labute approximate surface area is 153 Å². The topological polar surface area (TPSA) is 65.4 Å². The van der Waals surface area contributed by atoms with Crippen molar-refractivity contribution in [2.24, 2.45) is 0 Å². The van der Waals surface area contributed by atoms with Crippen LogP contribution in [-0.2, 0) is 22.6 Å². The zero-order chi connectivity index (χ0) is 18.4. The minimum absolute atomic E-state index is 0.0856. The summed E-state index contributed by atoms with van der Waals surface area (Å²) >= 11 is 0. The summed E-state index contributed by atoms with van der Waals surface area (Å²) in [5.41, 5.74) is 4.75. The highest BCUT2D eigenvalue weighted by atomic mass is 16.5. The molecule has 1 heterocycles. The first-order valence-electron chi connectivity index (χ1n) is 8.52. The van der Waals surface area contributed by atoms with E-state index in [4.69, 9.17) is 4.74 Å². The van der Waals surface area contributed by atoms with Gasteiger partial charge in [0.2, 0.25) is 0 Å². The summed E-state index contributed by atoms with van der Waals surface area (Å²) in [4.78, 5) is 14.3. The molecule has 1 amide bonds. The number of nitrogens with one attached hydrogen (secondary N) is 1. The normalized spacial score (nSPS) is 13.2. The molecule has 0 unspecified atom stereocenters. The predicted molar refractivity (Wildman–Crippen MR) is 101 cm³/mol. The van der Waals surface area contributed by atoms with Crippen molar-refractivity contribution < 1.29 is 9.53 Å². The second-order valence-corrected chi connectivity index (χ2v) is 6.13.